The first kappa shape index (κ1) is 16.0. The maximum atomic E-state index is 5.04. The standard InChI is InChI=1S/C17H12BrN3S2/c18-14-8-6-13(7-9-14)12-4-1-11(2-5-12)3-10-15-19-16(22)21-17(23)20-15/h1-10H,(H2,19,20,21,22,23)/b10-3+. The van der Waals surface area contributed by atoms with E-state index in [0.717, 1.165) is 10.0 Å². The average molecular weight is 402 g/mol. The van der Waals surface area contributed by atoms with E-state index in [1.807, 2.05) is 24.3 Å². The van der Waals surface area contributed by atoms with Gasteiger partial charge in [-0.15, -0.1) is 0 Å². The maximum Gasteiger partial charge on any atom is 0.200 e. The van der Waals surface area contributed by atoms with Gasteiger partial charge < -0.3 is 9.97 Å². The molecule has 0 aliphatic heterocycles. The summed E-state index contributed by atoms with van der Waals surface area (Å²) in [5, 5.41) is 0. The molecule has 3 rings (SSSR count). The predicted molar refractivity (Wildman–Crippen MR) is 103 cm³/mol. The quantitative estimate of drug-likeness (QED) is 0.545. The average Bonchev–Trinajstić information content (AvgIpc) is 2.53. The zero-order valence-electron chi connectivity index (χ0n) is 11.9. The zero-order chi connectivity index (χ0) is 16.2. The monoisotopic (exact) mass is 401 g/mol. The number of hydrogen-bond donors (Lipinski definition) is 2. The topological polar surface area (TPSA) is 44.5 Å². The van der Waals surface area contributed by atoms with Gasteiger partial charge in [-0.2, -0.15) is 0 Å². The molecule has 1 aromatic heterocycles. The van der Waals surface area contributed by atoms with E-state index in [4.69, 9.17) is 24.4 Å². The highest BCUT2D eigenvalue weighted by molar-refractivity contribution is 9.10. The van der Waals surface area contributed by atoms with Gasteiger partial charge in [0.05, 0.1) is 0 Å². The van der Waals surface area contributed by atoms with Gasteiger partial charge in [-0.1, -0.05) is 58.4 Å². The SMILES string of the molecule is S=c1nc(/C=C/c2ccc(-c3ccc(Br)cc3)cc2)[nH]c(=S)[nH]1. The molecule has 0 aliphatic rings. The number of benzene rings is 2. The van der Waals surface area contributed by atoms with Gasteiger partial charge in [0, 0.05) is 4.47 Å². The molecule has 0 unspecified atom stereocenters. The van der Waals surface area contributed by atoms with Crippen molar-refractivity contribution >= 4 is 52.5 Å². The molecule has 23 heavy (non-hydrogen) atoms. The van der Waals surface area contributed by atoms with Crippen molar-refractivity contribution in [3.05, 3.63) is 73.9 Å². The molecule has 0 amide bonds. The smallest absolute Gasteiger partial charge is 0.200 e. The minimum absolute atomic E-state index is 0.374. The van der Waals surface area contributed by atoms with Gasteiger partial charge in [0.25, 0.3) is 0 Å². The number of rotatable bonds is 3. The van der Waals surface area contributed by atoms with E-state index in [2.05, 4.69) is 67.3 Å². The molecule has 0 spiro atoms. The number of aromatic nitrogens is 3. The van der Waals surface area contributed by atoms with Crippen LogP contribution in [0.1, 0.15) is 11.4 Å². The van der Waals surface area contributed by atoms with Crippen molar-refractivity contribution in [3.8, 4) is 11.1 Å². The van der Waals surface area contributed by atoms with Crippen molar-refractivity contribution < 1.29 is 0 Å². The highest BCUT2D eigenvalue weighted by Gasteiger charge is 1.97. The Bertz CT molecular complexity index is 926. The predicted octanol–water partition coefficient (Wildman–Crippen LogP) is 5.80. The fourth-order valence-corrected chi connectivity index (χ4v) is 2.82. The lowest BCUT2D eigenvalue weighted by Gasteiger charge is -2.02. The molecule has 2 aromatic carbocycles. The Morgan fingerprint density at radius 2 is 1.43 bits per heavy atom. The van der Waals surface area contributed by atoms with Crippen LogP contribution in [0.4, 0.5) is 0 Å². The second kappa shape index (κ2) is 7.12. The molecule has 0 radical (unpaired) electrons. The Kier molecular flexibility index (Phi) is 4.95. The Labute approximate surface area is 152 Å². The molecule has 0 saturated heterocycles. The van der Waals surface area contributed by atoms with Crippen LogP contribution in [0.5, 0.6) is 0 Å². The molecule has 0 atom stereocenters. The number of halogens is 1. The zero-order valence-corrected chi connectivity index (χ0v) is 15.1. The molecule has 3 aromatic rings. The van der Waals surface area contributed by atoms with Crippen LogP contribution in [-0.4, -0.2) is 15.0 Å². The van der Waals surface area contributed by atoms with E-state index >= 15 is 0 Å². The molecule has 2 N–H and O–H groups in total. The summed E-state index contributed by atoms with van der Waals surface area (Å²) in [6, 6.07) is 16.6. The Morgan fingerprint density at radius 1 is 0.826 bits per heavy atom. The van der Waals surface area contributed by atoms with Gasteiger partial charge in [-0.05, 0) is 59.3 Å². The lowest BCUT2D eigenvalue weighted by molar-refractivity contribution is 0.986. The summed E-state index contributed by atoms with van der Waals surface area (Å²) in [6.45, 7) is 0. The van der Waals surface area contributed by atoms with E-state index in [-0.39, 0.29) is 0 Å². The molecular formula is C17H12BrN3S2. The molecule has 1 heterocycles. The Hall–Kier alpha value is -1.89. The van der Waals surface area contributed by atoms with Crippen LogP contribution in [0, 0.1) is 9.54 Å². The molecule has 3 nitrogen and oxygen atoms in total. The van der Waals surface area contributed by atoms with Crippen molar-refractivity contribution in [1.82, 2.24) is 15.0 Å². The van der Waals surface area contributed by atoms with Crippen LogP contribution < -0.4 is 0 Å². The Morgan fingerprint density at radius 3 is 2.04 bits per heavy atom. The van der Waals surface area contributed by atoms with Crippen LogP contribution in [0.25, 0.3) is 23.3 Å². The fraction of sp³-hybridized carbons (Fsp3) is 0. The van der Waals surface area contributed by atoms with Crippen LogP contribution in [-0.2, 0) is 0 Å². The van der Waals surface area contributed by atoms with Crippen molar-refractivity contribution in [2.24, 2.45) is 0 Å². The van der Waals surface area contributed by atoms with Crippen molar-refractivity contribution in [2.75, 3.05) is 0 Å². The third-order valence-corrected chi connectivity index (χ3v) is 4.13. The van der Waals surface area contributed by atoms with Gasteiger partial charge in [-0.25, -0.2) is 4.98 Å². The summed E-state index contributed by atoms with van der Waals surface area (Å²) < 4.78 is 1.92. The first-order valence-corrected chi connectivity index (χ1v) is 8.46. The normalized spacial score (nSPS) is 11.0. The van der Waals surface area contributed by atoms with Gasteiger partial charge in [-0.3, -0.25) is 0 Å². The molecule has 114 valence electrons. The van der Waals surface area contributed by atoms with Crippen molar-refractivity contribution in [1.29, 1.82) is 0 Å². The maximum absolute atomic E-state index is 5.04. The molecular weight excluding hydrogens is 390 g/mol. The number of H-pyrrole nitrogens is 2. The van der Waals surface area contributed by atoms with Crippen LogP contribution >= 0.6 is 40.4 Å². The van der Waals surface area contributed by atoms with E-state index < -0.39 is 0 Å². The first-order chi connectivity index (χ1) is 11.1. The van der Waals surface area contributed by atoms with Crippen LogP contribution in [0.2, 0.25) is 0 Å². The van der Waals surface area contributed by atoms with Gasteiger partial charge >= 0.3 is 0 Å². The third-order valence-electron chi connectivity index (χ3n) is 3.21. The molecule has 0 saturated carbocycles. The third kappa shape index (κ3) is 4.31. The molecule has 0 bridgehead atoms. The van der Waals surface area contributed by atoms with Gasteiger partial charge in [0.15, 0.2) is 4.77 Å². The highest BCUT2D eigenvalue weighted by Crippen LogP contribution is 2.22. The lowest BCUT2D eigenvalue weighted by Crippen LogP contribution is -1.91. The summed E-state index contributed by atoms with van der Waals surface area (Å²) in [5.74, 6) is 0.635. The van der Waals surface area contributed by atoms with Crippen LogP contribution in [0.3, 0.4) is 0 Å². The van der Waals surface area contributed by atoms with E-state index in [1.165, 1.54) is 11.1 Å². The van der Waals surface area contributed by atoms with Crippen molar-refractivity contribution in [2.45, 2.75) is 0 Å². The summed E-state index contributed by atoms with van der Waals surface area (Å²) in [6.07, 6.45) is 3.82. The van der Waals surface area contributed by atoms with Crippen molar-refractivity contribution in [3.63, 3.8) is 0 Å². The number of nitrogens with zero attached hydrogens (tertiary/aromatic N) is 1. The first-order valence-electron chi connectivity index (χ1n) is 6.85. The molecule has 0 fully saturated rings. The molecule has 0 aliphatic carbocycles. The minimum Gasteiger partial charge on any atom is -0.317 e. The number of nitrogens with one attached hydrogen (secondary N) is 2. The summed E-state index contributed by atoms with van der Waals surface area (Å²) >= 11 is 13.5. The van der Waals surface area contributed by atoms with Crippen LogP contribution in [0.15, 0.2) is 53.0 Å². The summed E-state index contributed by atoms with van der Waals surface area (Å²) in [7, 11) is 0. The minimum atomic E-state index is 0.374. The molecule has 6 heteroatoms. The second-order valence-electron chi connectivity index (χ2n) is 4.84. The van der Waals surface area contributed by atoms with Gasteiger partial charge in [0.1, 0.15) is 5.82 Å². The highest BCUT2D eigenvalue weighted by atomic mass is 79.9. The number of hydrogen-bond acceptors (Lipinski definition) is 3. The van der Waals surface area contributed by atoms with E-state index in [9.17, 15) is 0 Å². The van der Waals surface area contributed by atoms with E-state index in [0.29, 0.717) is 15.4 Å². The number of aromatic amines is 2. The summed E-state index contributed by atoms with van der Waals surface area (Å²) in [4.78, 5) is 9.88. The second-order valence-corrected chi connectivity index (χ2v) is 6.55. The fourth-order valence-electron chi connectivity index (χ4n) is 2.09. The lowest BCUT2D eigenvalue weighted by atomic mass is 10.0. The Balaban J connectivity index is 1.82. The summed E-state index contributed by atoms with van der Waals surface area (Å²) in [5.41, 5.74) is 3.43. The van der Waals surface area contributed by atoms with Gasteiger partial charge in [0.2, 0.25) is 4.77 Å². The van der Waals surface area contributed by atoms with E-state index in [1.54, 1.807) is 0 Å². The largest absolute Gasteiger partial charge is 0.317 e.